The predicted molar refractivity (Wildman–Crippen MR) is 111 cm³/mol. The minimum absolute atomic E-state index is 0.0505. The predicted octanol–water partition coefficient (Wildman–Crippen LogP) is 4.84. The molecule has 1 heterocycles. The number of hydrogen-bond acceptors (Lipinski definition) is 5. The Morgan fingerprint density at radius 2 is 1.72 bits per heavy atom. The van der Waals surface area contributed by atoms with Gasteiger partial charge in [0.25, 0.3) is 11.6 Å². The maximum Gasteiger partial charge on any atom is 0.337 e. The number of nitro benzene ring substituents is 1. The van der Waals surface area contributed by atoms with Crippen molar-refractivity contribution >= 4 is 52.1 Å². The number of carboxylic acid groups (broad SMARTS) is 1. The highest BCUT2D eigenvalue weighted by Gasteiger charge is 2.23. The number of rotatable bonds is 5. The summed E-state index contributed by atoms with van der Waals surface area (Å²) in [5.41, 5.74) is 0.306. The second-order valence-corrected chi connectivity index (χ2v) is 7.39. The molecule has 29 heavy (non-hydrogen) atoms. The van der Waals surface area contributed by atoms with Crippen molar-refractivity contribution in [1.82, 2.24) is 0 Å². The summed E-state index contributed by atoms with van der Waals surface area (Å²) in [5, 5.41) is 23.0. The fraction of sp³-hybridized carbons (Fsp3) is 0.263. The van der Waals surface area contributed by atoms with E-state index in [4.69, 9.17) is 23.2 Å². The van der Waals surface area contributed by atoms with Gasteiger partial charge in [-0.1, -0.05) is 23.2 Å². The molecule has 152 valence electrons. The fourth-order valence-electron chi connectivity index (χ4n) is 3.23. The summed E-state index contributed by atoms with van der Waals surface area (Å²) < 4.78 is 0. The van der Waals surface area contributed by atoms with Gasteiger partial charge in [0.15, 0.2) is 0 Å². The van der Waals surface area contributed by atoms with Crippen LogP contribution in [-0.2, 0) is 0 Å². The van der Waals surface area contributed by atoms with E-state index in [1.807, 2.05) is 4.90 Å². The molecule has 0 radical (unpaired) electrons. The third-order valence-electron chi connectivity index (χ3n) is 4.67. The molecule has 10 heteroatoms. The van der Waals surface area contributed by atoms with Crippen molar-refractivity contribution in [3.8, 4) is 0 Å². The number of nitro groups is 1. The zero-order valence-electron chi connectivity index (χ0n) is 15.2. The van der Waals surface area contributed by atoms with Crippen molar-refractivity contribution in [2.24, 2.45) is 0 Å². The number of nitrogens with zero attached hydrogens (tertiary/aromatic N) is 2. The van der Waals surface area contributed by atoms with Crippen LogP contribution >= 0.6 is 23.2 Å². The van der Waals surface area contributed by atoms with Crippen molar-refractivity contribution in [3.63, 3.8) is 0 Å². The molecule has 2 aromatic carbocycles. The van der Waals surface area contributed by atoms with E-state index in [2.05, 4.69) is 5.32 Å². The number of amides is 1. The number of benzene rings is 2. The summed E-state index contributed by atoms with van der Waals surface area (Å²) in [4.78, 5) is 36.9. The largest absolute Gasteiger partial charge is 0.478 e. The monoisotopic (exact) mass is 437 g/mol. The second-order valence-electron chi connectivity index (χ2n) is 6.58. The molecule has 0 aromatic heterocycles. The number of non-ortho nitro benzene ring substituents is 1. The number of carboxylic acids is 1. The second kappa shape index (κ2) is 8.67. The van der Waals surface area contributed by atoms with Gasteiger partial charge in [-0.2, -0.15) is 0 Å². The van der Waals surface area contributed by atoms with Crippen LogP contribution in [0.5, 0.6) is 0 Å². The van der Waals surface area contributed by atoms with Crippen molar-refractivity contribution in [3.05, 3.63) is 61.6 Å². The van der Waals surface area contributed by atoms with Crippen LogP contribution in [0.25, 0.3) is 0 Å². The molecule has 0 unspecified atom stereocenters. The van der Waals surface area contributed by atoms with E-state index in [9.17, 15) is 24.8 Å². The standard InChI is InChI=1S/C19H17Cl2N3O5/c20-14-10-15(21)16(9-12(14)19(26)27)22-18(25)13-8-11(24(28)29)4-5-17(13)23-6-2-1-3-7-23/h4-5,8-10H,1-3,6-7H2,(H,22,25)(H,26,27). The molecule has 0 bridgehead atoms. The highest BCUT2D eigenvalue weighted by molar-refractivity contribution is 6.38. The van der Waals surface area contributed by atoms with Gasteiger partial charge in [-0.25, -0.2) is 4.79 Å². The Morgan fingerprint density at radius 3 is 2.34 bits per heavy atom. The highest BCUT2D eigenvalue weighted by Crippen LogP contribution is 2.32. The number of halogens is 2. The van der Waals surface area contributed by atoms with E-state index in [-0.39, 0.29) is 32.5 Å². The highest BCUT2D eigenvalue weighted by atomic mass is 35.5. The molecule has 1 saturated heterocycles. The number of anilines is 2. The average Bonchev–Trinajstić information content (AvgIpc) is 2.69. The van der Waals surface area contributed by atoms with Crippen LogP contribution in [0.15, 0.2) is 30.3 Å². The van der Waals surface area contributed by atoms with Crippen LogP contribution in [-0.4, -0.2) is 35.0 Å². The zero-order valence-corrected chi connectivity index (χ0v) is 16.7. The lowest BCUT2D eigenvalue weighted by atomic mass is 10.1. The van der Waals surface area contributed by atoms with Gasteiger partial charge in [-0.05, 0) is 37.5 Å². The lowest BCUT2D eigenvalue weighted by Crippen LogP contribution is -2.31. The van der Waals surface area contributed by atoms with Gasteiger partial charge in [0, 0.05) is 25.2 Å². The Kier molecular flexibility index (Phi) is 6.24. The summed E-state index contributed by atoms with van der Waals surface area (Å²) in [6, 6.07) is 6.51. The Hall–Kier alpha value is -2.84. The summed E-state index contributed by atoms with van der Waals surface area (Å²) in [6.45, 7) is 1.48. The first-order valence-electron chi connectivity index (χ1n) is 8.85. The number of carbonyl (C=O) groups excluding carboxylic acids is 1. The molecule has 1 fully saturated rings. The van der Waals surface area contributed by atoms with E-state index in [0.717, 1.165) is 38.4 Å². The molecule has 0 saturated carbocycles. The van der Waals surface area contributed by atoms with Gasteiger partial charge in [-0.3, -0.25) is 14.9 Å². The number of hydrogen-bond donors (Lipinski definition) is 2. The van der Waals surface area contributed by atoms with Crippen molar-refractivity contribution in [2.75, 3.05) is 23.3 Å². The van der Waals surface area contributed by atoms with E-state index in [0.29, 0.717) is 5.69 Å². The van der Waals surface area contributed by atoms with E-state index >= 15 is 0 Å². The zero-order chi connectivity index (χ0) is 21.1. The number of carbonyl (C=O) groups is 2. The van der Waals surface area contributed by atoms with Crippen molar-refractivity contribution < 1.29 is 19.6 Å². The molecule has 0 spiro atoms. The molecular weight excluding hydrogens is 421 g/mol. The smallest absolute Gasteiger partial charge is 0.337 e. The molecule has 1 amide bonds. The number of nitrogens with one attached hydrogen (secondary N) is 1. The molecule has 2 N–H and O–H groups in total. The van der Waals surface area contributed by atoms with Crippen LogP contribution in [0.2, 0.25) is 10.0 Å². The summed E-state index contributed by atoms with van der Waals surface area (Å²) in [6.07, 6.45) is 3.01. The SMILES string of the molecule is O=C(O)c1cc(NC(=O)c2cc([N+](=O)[O-])ccc2N2CCCCC2)c(Cl)cc1Cl. The Bertz CT molecular complexity index is 990. The number of piperidine rings is 1. The first kappa shape index (κ1) is 20.9. The van der Waals surface area contributed by atoms with Gasteiger partial charge in [0.1, 0.15) is 0 Å². The first-order chi connectivity index (χ1) is 13.8. The van der Waals surface area contributed by atoms with Crippen LogP contribution in [0.4, 0.5) is 17.1 Å². The van der Waals surface area contributed by atoms with Gasteiger partial charge in [-0.15, -0.1) is 0 Å². The molecule has 0 atom stereocenters. The molecular formula is C19H17Cl2N3O5. The van der Waals surface area contributed by atoms with Gasteiger partial charge in [0.2, 0.25) is 0 Å². The van der Waals surface area contributed by atoms with Crippen LogP contribution in [0.1, 0.15) is 40.0 Å². The maximum atomic E-state index is 13.0. The molecule has 8 nitrogen and oxygen atoms in total. The minimum atomic E-state index is -1.27. The molecule has 1 aliphatic heterocycles. The first-order valence-corrected chi connectivity index (χ1v) is 9.60. The van der Waals surface area contributed by atoms with Crippen molar-refractivity contribution in [2.45, 2.75) is 19.3 Å². The van der Waals surface area contributed by atoms with Crippen LogP contribution < -0.4 is 10.2 Å². The molecule has 0 aliphatic carbocycles. The lowest BCUT2D eigenvalue weighted by Gasteiger charge is -2.30. The normalized spacial score (nSPS) is 13.8. The molecule has 1 aliphatic rings. The lowest BCUT2D eigenvalue weighted by molar-refractivity contribution is -0.384. The van der Waals surface area contributed by atoms with Gasteiger partial charge >= 0.3 is 5.97 Å². The topological polar surface area (TPSA) is 113 Å². The quantitative estimate of drug-likeness (QED) is 0.510. The average molecular weight is 438 g/mol. The van der Waals surface area contributed by atoms with Crippen molar-refractivity contribution in [1.29, 1.82) is 0 Å². The third kappa shape index (κ3) is 4.60. The minimum Gasteiger partial charge on any atom is -0.478 e. The van der Waals surface area contributed by atoms with Gasteiger partial charge in [0.05, 0.1) is 37.5 Å². The van der Waals surface area contributed by atoms with Crippen LogP contribution in [0.3, 0.4) is 0 Å². The fourth-order valence-corrected chi connectivity index (χ4v) is 3.74. The Labute approximate surface area is 176 Å². The summed E-state index contributed by atoms with van der Waals surface area (Å²) in [7, 11) is 0. The van der Waals surface area contributed by atoms with Crippen LogP contribution in [0, 0.1) is 10.1 Å². The Balaban J connectivity index is 1.99. The summed E-state index contributed by atoms with van der Waals surface area (Å²) in [5.74, 6) is -1.90. The summed E-state index contributed by atoms with van der Waals surface area (Å²) >= 11 is 12.0. The third-order valence-corrected chi connectivity index (χ3v) is 5.29. The molecule has 3 rings (SSSR count). The van der Waals surface area contributed by atoms with E-state index in [1.54, 1.807) is 6.07 Å². The van der Waals surface area contributed by atoms with Gasteiger partial charge < -0.3 is 15.3 Å². The van der Waals surface area contributed by atoms with E-state index < -0.39 is 16.8 Å². The van der Waals surface area contributed by atoms with E-state index in [1.165, 1.54) is 18.2 Å². The maximum absolute atomic E-state index is 13.0. The molecule has 2 aromatic rings. The number of aromatic carboxylic acids is 1. The Morgan fingerprint density at radius 1 is 1.03 bits per heavy atom.